The van der Waals surface area contributed by atoms with E-state index in [1.807, 2.05) is 284 Å². The number of carbonyl (C=O) groups excluding carboxylic acids is 6. The molecule has 0 radical (unpaired) electrons. The number of benzene rings is 7. The summed E-state index contributed by atoms with van der Waals surface area (Å²) < 4.78 is 11.6. The highest BCUT2D eigenvalue weighted by atomic mass is 16.1. The van der Waals surface area contributed by atoms with Gasteiger partial charge in [0.1, 0.15) is 0 Å². The van der Waals surface area contributed by atoms with Gasteiger partial charge in [0.15, 0.2) is 34.7 Å². The van der Waals surface area contributed by atoms with E-state index in [1.165, 1.54) is 41.5 Å². The van der Waals surface area contributed by atoms with Gasteiger partial charge in [-0.1, -0.05) is 182 Å². The number of carbonyl (C=O) groups is 6. The number of nitrogens with zero attached hydrogens (tertiary/aromatic N) is 6. The van der Waals surface area contributed by atoms with E-state index >= 15 is 0 Å². The Labute approximate surface area is 520 Å². The van der Waals surface area contributed by atoms with E-state index in [0.717, 1.165) is 33.4 Å². The Balaban J connectivity index is 1.36. The number of rotatable bonds is 18. The molecule has 0 atom stereocenters. The van der Waals surface area contributed by atoms with Crippen LogP contribution in [-0.2, 0) is 0 Å². The van der Waals surface area contributed by atoms with Gasteiger partial charge in [0.05, 0.1) is 34.1 Å². The Morgan fingerprint density at radius 1 is 0.189 bits per heavy atom. The minimum Gasteiger partial charge on any atom is -0.319 e. The topological polar surface area (TPSA) is 132 Å². The van der Waals surface area contributed by atoms with Crippen LogP contribution in [0.1, 0.15) is 104 Å². The van der Waals surface area contributed by atoms with Gasteiger partial charge in [-0.05, 0) is 74.9 Å². The zero-order valence-electron chi connectivity index (χ0n) is 50.4. The fourth-order valence-corrected chi connectivity index (χ4v) is 12.4. The molecule has 0 bridgehead atoms. The van der Waals surface area contributed by atoms with E-state index in [2.05, 4.69) is 0 Å². The Kier molecular flexibility index (Phi) is 15.0. The van der Waals surface area contributed by atoms with Crippen LogP contribution >= 0.6 is 0 Å². The number of aromatic nitrogens is 6. The highest BCUT2D eigenvalue weighted by Gasteiger charge is 2.35. The largest absolute Gasteiger partial charge is 0.319 e. The summed E-state index contributed by atoms with van der Waals surface area (Å²) in [5.74, 6) is -1.27. The Morgan fingerprint density at radius 2 is 0.311 bits per heavy atom. The maximum atomic E-state index is 14.5. The van der Waals surface area contributed by atoms with Crippen molar-refractivity contribution in [3.63, 3.8) is 0 Å². The molecule has 0 spiro atoms. The molecule has 6 aromatic heterocycles. The van der Waals surface area contributed by atoms with Crippen LogP contribution in [0.4, 0.5) is 0 Å². The number of hydrogen-bond acceptors (Lipinski definition) is 6. The summed E-state index contributed by atoms with van der Waals surface area (Å²) >= 11 is 0. The normalized spacial score (nSPS) is 11.3. The molecule has 90 heavy (non-hydrogen) atoms. The molecule has 13 rings (SSSR count). The molecule has 12 nitrogen and oxygen atoms in total. The second-order valence-corrected chi connectivity index (χ2v) is 22.6. The molecule has 0 fully saturated rings. The van der Waals surface area contributed by atoms with E-state index in [0.29, 0.717) is 101 Å². The lowest BCUT2D eigenvalue weighted by Gasteiger charge is -2.29. The monoisotopic (exact) mass is 1180 g/mol. The van der Waals surface area contributed by atoms with Gasteiger partial charge in [-0.2, -0.15) is 0 Å². The van der Waals surface area contributed by atoms with E-state index in [-0.39, 0.29) is 34.7 Å². The van der Waals surface area contributed by atoms with Crippen molar-refractivity contribution in [3.8, 4) is 101 Å². The second-order valence-electron chi connectivity index (χ2n) is 22.6. The first kappa shape index (κ1) is 57.3. The van der Waals surface area contributed by atoms with Crippen molar-refractivity contribution in [2.75, 3.05) is 0 Å². The molecule has 0 aliphatic carbocycles. The van der Waals surface area contributed by atoms with E-state index in [9.17, 15) is 28.8 Å². The fourth-order valence-electron chi connectivity index (χ4n) is 12.4. The quantitative estimate of drug-likeness (QED) is 0.0786. The molecule has 0 aliphatic heterocycles. The van der Waals surface area contributed by atoms with Gasteiger partial charge in [-0.25, -0.2) is 0 Å². The Hall–Kier alpha value is -11.8. The van der Waals surface area contributed by atoms with Crippen LogP contribution < -0.4 is 0 Å². The van der Waals surface area contributed by atoms with Gasteiger partial charge in [0, 0.05) is 141 Å². The third-order valence-corrected chi connectivity index (χ3v) is 16.6. The van der Waals surface area contributed by atoms with Gasteiger partial charge in [-0.3, -0.25) is 28.8 Å². The third kappa shape index (κ3) is 10.3. The lowest BCUT2D eigenvalue weighted by molar-refractivity contribution is 0.101. The maximum Gasteiger partial charge on any atom is 0.161 e. The molecule has 12 heteroatoms. The second kappa shape index (κ2) is 23.5. The van der Waals surface area contributed by atoms with Crippen molar-refractivity contribution in [1.82, 2.24) is 27.4 Å². The summed E-state index contributed by atoms with van der Waals surface area (Å²) in [5.41, 5.74) is 13.3. The minimum absolute atomic E-state index is 0.212. The van der Waals surface area contributed by atoms with Crippen LogP contribution in [0.5, 0.6) is 0 Å². The molecule has 13 aromatic rings. The molecular weight excluding hydrogens is 1120 g/mol. The average Bonchev–Trinajstić information content (AvgIpc) is 1.45. The summed E-state index contributed by atoms with van der Waals surface area (Å²) in [6.45, 7) is 9.21. The molecule has 0 aliphatic rings. The molecule has 0 unspecified atom stereocenters. The van der Waals surface area contributed by atoms with Crippen LogP contribution in [0.3, 0.4) is 0 Å². The van der Waals surface area contributed by atoms with Crippen molar-refractivity contribution in [2.45, 2.75) is 41.5 Å². The lowest BCUT2D eigenvalue weighted by atomic mass is 10.0. The fraction of sp³-hybridized carbons (Fsp3) is 0.0769. The Bertz CT molecular complexity index is 4150. The molecule has 0 saturated heterocycles. The van der Waals surface area contributed by atoms with Crippen LogP contribution in [-0.4, -0.2) is 62.1 Å². The average molecular weight is 1180 g/mol. The molecular formula is C78H60N6O6. The van der Waals surface area contributed by atoms with Crippen molar-refractivity contribution < 1.29 is 28.8 Å². The van der Waals surface area contributed by atoms with Crippen LogP contribution in [0.2, 0.25) is 0 Å². The predicted octanol–water partition coefficient (Wildman–Crippen LogP) is 17.6. The zero-order valence-corrected chi connectivity index (χ0v) is 50.4. The first-order valence-corrected chi connectivity index (χ1v) is 29.6. The van der Waals surface area contributed by atoms with Gasteiger partial charge >= 0.3 is 0 Å². The van der Waals surface area contributed by atoms with Crippen molar-refractivity contribution in [1.29, 1.82) is 0 Å². The van der Waals surface area contributed by atoms with E-state index in [4.69, 9.17) is 0 Å². The SMILES string of the molecule is CC(=O)c1cn(-c2c(-n3cc(C(C)=O)c(-c4ccccc4)c3)c(-n3cc(C(C)=O)c(-c4ccccc4)c3)c(-n3cc(C(C)=O)c(-c4ccccc4)c3)c(-n3cc(C(C)=O)c(-c4ccccc4)c3)c2-n2cc(C(C)=O)c(-c3ccccc3)c2)cc1-c1ccccc1. The number of Topliss-reactive ketones (excluding diaryl/α,β-unsaturated/α-hetero) is 6. The minimum atomic E-state index is -0.212. The first-order valence-electron chi connectivity index (χ1n) is 29.6. The van der Waals surface area contributed by atoms with E-state index in [1.54, 1.807) is 0 Å². The smallest absolute Gasteiger partial charge is 0.161 e. The molecule has 6 heterocycles. The van der Waals surface area contributed by atoms with Crippen LogP contribution in [0, 0.1) is 0 Å². The van der Waals surface area contributed by atoms with E-state index < -0.39 is 0 Å². The van der Waals surface area contributed by atoms with Gasteiger partial charge in [-0.15, -0.1) is 0 Å². The van der Waals surface area contributed by atoms with Crippen LogP contribution in [0.15, 0.2) is 256 Å². The van der Waals surface area contributed by atoms with Gasteiger partial charge in [0.25, 0.3) is 0 Å². The molecule has 0 saturated carbocycles. The number of hydrogen-bond donors (Lipinski definition) is 0. The lowest BCUT2D eigenvalue weighted by Crippen LogP contribution is -2.18. The van der Waals surface area contributed by atoms with Crippen molar-refractivity contribution in [3.05, 3.63) is 290 Å². The molecule has 7 aromatic carbocycles. The summed E-state index contributed by atoms with van der Waals surface area (Å²) in [4.78, 5) is 86.7. The standard InChI is InChI=1S/C78H60N6O6/c1-49(85)61-37-79(43-67(61)55-25-13-7-14-26-55)73-74(80-38-62(50(2)86)68(44-80)56-27-15-8-16-28-56)76(82-40-64(52(4)88)70(46-82)58-31-19-10-20-32-58)78(84-42-66(54(6)90)72(48-84)60-35-23-12-24-36-60)77(83-41-65(53(5)89)71(47-83)59-33-21-11-22-34-59)75(73)81-39-63(51(3)87)69(45-81)57-29-17-9-18-30-57/h7-48H,1-6H3. The summed E-state index contributed by atoms with van der Waals surface area (Å²) in [7, 11) is 0. The highest BCUT2D eigenvalue weighted by molar-refractivity contribution is 6.07. The van der Waals surface area contributed by atoms with Gasteiger partial charge in [0.2, 0.25) is 0 Å². The summed E-state index contributed by atoms with van der Waals surface area (Å²) in [5, 5.41) is 0. The zero-order chi connectivity index (χ0) is 62.5. The first-order chi connectivity index (χ1) is 43.6. The van der Waals surface area contributed by atoms with Crippen molar-refractivity contribution in [2.24, 2.45) is 0 Å². The molecule has 438 valence electrons. The third-order valence-electron chi connectivity index (χ3n) is 16.6. The molecule has 0 N–H and O–H groups in total. The highest BCUT2D eigenvalue weighted by Crippen LogP contribution is 2.48. The summed E-state index contributed by atoms with van der Waals surface area (Å²) in [6.07, 6.45) is 22.5. The van der Waals surface area contributed by atoms with Crippen molar-refractivity contribution >= 4 is 34.7 Å². The maximum absolute atomic E-state index is 14.5. The van der Waals surface area contributed by atoms with Gasteiger partial charge < -0.3 is 27.4 Å². The predicted molar refractivity (Wildman–Crippen MR) is 355 cm³/mol. The summed E-state index contributed by atoms with van der Waals surface area (Å²) in [6, 6.07) is 58.0. The van der Waals surface area contributed by atoms with Crippen LogP contribution in [0.25, 0.3) is 101 Å². The Morgan fingerprint density at radius 3 is 0.422 bits per heavy atom. The molecule has 0 amide bonds. The number of ketones is 6.